The van der Waals surface area contributed by atoms with Crippen molar-refractivity contribution < 1.29 is 18.7 Å². The Kier molecular flexibility index (Phi) is 9.01. The molecule has 23 heavy (non-hydrogen) atoms. The summed E-state index contributed by atoms with van der Waals surface area (Å²) in [5, 5.41) is 2.85. The van der Waals surface area contributed by atoms with Gasteiger partial charge in [-0.05, 0) is 26.6 Å². The number of rotatable bonds is 11. The van der Waals surface area contributed by atoms with Crippen LogP contribution in [0.1, 0.15) is 23.2 Å². The van der Waals surface area contributed by atoms with Crippen molar-refractivity contribution in [2.24, 2.45) is 0 Å². The SMILES string of the molecule is COCCCN(CCC(=O)NCCN(C)C)C(=O)c1ccoc1. The lowest BCUT2D eigenvalue weighted by Gasteiger charge is -2.22. The van der Waals surface area contributed by atoms with Gasteiger partial charge in [-0.3, -0.25) is 9.59 Å². The van der Waals surface area contributed by atoms with Crippen molar-refractivity contribution in [2.45, 2.75) is 12.8 Å². The summed E-state index contributed by atoms with van der Waals surface area (Å²) in [6.45, 7) is 2.89. The third kappa shape index (κ3) is 7.80. The molecule has 0 aliphatic rings. The van der Waals surface area contributed by atoms with Gasteiger partial charge in [-0.2, -0.15) is 0 Å². The molecule has 0 aliphatic carbocycles. The number of methoxy groups -OCH3 is 1. The first-order valence-corrected chi connectivity index (χ1v) is 7.76. The van der Waals surface area contributed by atoms with Crippen LogP contribution in [0.5, 0.6) is 0 Å². The molecule has 1 N–H and O–H groups in total. The summed E-state index contributed by atoms with van der Waals surface area (Å²) in [5.41, 5.74) is 0.496. The van der Waals surface area contributed by atoms with Gasteiger partial charge in [0.1, 0.15) is 6.26 Å². The fourth-order valence-electron chi connectivity index (χ4n) is 2.03. The van der Waals surface area contributed by atoms with E-state index in [9.17, 15) is 9.59 Å². The van der Waals surface area contributed by atoms with E-state index in [2.05, 4.69) is 5.32 Å². The molecule has 0 radical (unpaired) electrons. The maximum atomic E-state index is 12.4. The summed E-state index contributed by atoms with van der Waals surface area (Å²) in [6.07, 6.45) is 3.89. The monoisotopic (exact) mass is 325 g/mol. The molecule has 1 aromatic heterocycles. The molecule has 1 rings (SSSR count). The largest absolute Gasteiger partial charge is 0.472 e. The number of likely N-dealkylation sites (N-methyl/N-ethyl adjacent to an activating group) is 1. The molecule has 0 bridgehead atoms. The van der Waals surface area contributed by atoms with Gasteiger partial charge in [0.15, 0.2) is 0 Å². The van der Waals surface area contributed by atoms with Crippen LogP contribution in [-0.4, -0.2) is 75.6 Å². The van der Waals surface area contributed by atoms with Crippen LogP contribution < -0.4 is 5.32 Å². The van der Waals surface area contributed by atoms with Gasteiger partial charge in [-0.15, -0.1) is 0 Å². The molecule has 0 unspecified atom stereocenters. The predicted octanol–water partition coefficient (Wildman–Crippen LogP) is 0.826. The highest BCUT2D eigenvalue weighted by atomic mass is 16.5. The van der Waals surface area contributed by atoms with E-state index in [4.69, 9.17) is 9.15 Å². The summed E-state index contributed by atoms with van der Waals surface area (Å²) in [7, 11) is 5.53. The summed E-state index contributed by atoms with van der Waals surface area (Å²) in [6, 6.07) is 1.63. The summed E-state index contributed by atoms with van der Waals surface area (Å²) < 4.78 is 9.98. The fraction of sp³-hybridized carbons (Fsp3) is 0.625. The Bertz CT molecular complexity index is 460. The average molecular weight is 325 g/mol. The van der Waals surface area contributed by atoms with E-state index >= 15 is 0 Å². The molecular formula is C16H27N3O4. The predicted molar refractivity (Wildman–Crippen MR) is 87.3 cm³/mol. The van der Waals surface area contributed by atoms with Gasteiger partial charge >= 0.3 is 0 Å². The van der Waals surface area contributed by atoms with Crippen LogP contribution in [0.4, 0.5) is 0 Å². The van der Waals surface area contributed by atoms with Crippen molar-refractivity contribution in [3.8, 4) is 0 Å². The van der Waals surface area contributed by atoms with Crippen molar-refractivity contribution in [2.75, 3.05) is 54.0 Å². The highest BCUT2D eigenvalue weighted by molar-refractivity contribution is 5.94. The van der Waals surface area contributed by atoms with Gasteiger partial charge in [0.05, 0.1) is 11.8 Å². The van der Waals surface area contributed by atoms with Crippen LogP contribution >= 0.6 is 0 Å². The molecule has 0 saturated heterocycles. The van der Waals surface area contributed by atoms with E-state index in [0.717, 1.165) is 13.0 Å². The number of furan rings is 1. The Morgan fingerprint density at radius 2 is 2.04 bits per heavy atom. The molecule has 0 aromatic carbocycles. The molecule has 0 fully saturated rings. The van der Waals surface area contributed by atoms with Gasteiger partial charge in [0, 0.05) is 46.3 Å². The lowest BCUT2D eigenvalue weighted by Crippen LogP contribution is -2.37. The van der Waals surface area contributed by atoms with Gasteiger partial charge < -0.3 is 24.3 Å². The van der Waals surface area contributed by atoms with E-state index in [0.29, 0.717) is 31.8 Å². The molecule has 130 valence electrons. The molecule has 7 heteroatoms. The van der Waals surface area contributed by atoms with Crippen molar-refractivity contribution in [1.82, 2.24) is 15.1 Å². The molecule has 0 spiro atoms. The second-order valence-corrected chi connectivity index (χ2v) is 5.55. The Morgan fingerprint density at radius 1 is 1.26 bits per heavy atom. The van der Waals surface area contributed by atoms with Gasteiger partial charge in [-0.1, -0.05) is 0 Å². The maximum absolute atomic E-state index is 12.4. The number of carbonyl (C=O) groups is 2. The maximum Gasteiger partial charge on any atom is 0.257 e. The Morgan fingerprint density at radius 3 is 2.65 bits per heavy atom. The Balaban J connectivity index is 2.45. The zero-order chi connectivity index (χ0) is 17.1. The fourth-order valence-corrected chi connectivity index (χ4v) is 2.03. The minimum atomic E-state index is -0.129. The van der Waals surface area contributed by atoms with E-state index in [1.807, 2.05) is 19.0 Å². The van der Waals surface area contributed by atoms with Crippen LogP contribution in [0.2, 0.25) is 0 Å². The number of nitrogens with zero attached hydrogens (tertiary/aromatic N) is 2. The Labute approximate surface area is 137 Å². The van der Waals surface area contributed by atoms with Gasteiger partial charge in [0.2, 0.25) is 5.91 Å². The average Bonchev–Trinajstić information content (AvgIpc) is 3.04. The van der Waals surface area contributed by atoms with Crippen LogP contribution in [0.25, 0.3) is 0 Å². The number of carbonyl (C=O) groups excluding carboxylic acids is 2. The second kappa shape index (κ2) is 10.8. The number of ether oxygens (including phenoxy) is 1. The van der Waals surface area contributed by atoms with Crippen LogP contribution in [0, 0.1) is 0 Å². The van der Waals surface area contributed by atoms with Crippen molar-refractivity contribution in [3.63, 3.8) is 0 Å². The third-order valence-electron chi connectivity index (χ3n) is 3.32. The highest BCUT2D eigenvalue weighted by Crippen LogP contribution is 2.07. The van der Waals surface area contributed by atoms with E-state index < -0.39 is 0 Å². The molecule has 1 heterocycles. The number of amides is 2. The normalized spacial score (nSPS) is 10.8. The zero-order valence-electron chi connectivity index (χ0n) is 14.2. The summed E-state index contributed by atoms with van der Waals surface area (Å²) in [4.78, 5) is 27.9. The minimum Gasteiger partial charge on any atom is -0.472 e. The zero-order valence-corrected chi connectivity index (χ0v) is 14.2. The first-order chi connectivity index (χ1) is 11.0. The van der Waals surface area contributed by atoms with Crippen molar-refractivity contribution >= 4 is 11.8 Å². The first kappa shape index (κ1) is 19.2. The molecular weight excluding hydrogens is 298 g/mol. The van der Waals surface area contributed by atoms with E-state index in [1.165, 1.54) is 12.5 Å². The molecule has 1 aromatic rings. The number of hydrogen-bond acceptors (Lipinski definition) is 5. The molecule has 7 nitrogen and oxygen atoms in total. The van der Waals surface area contributed by atoms with Crippen molar-refractivity contribution in [1.29, 1.82) is 0 Å². The lowest BCUT2D eigenvalue weighted by atomic mass is 10.2. The van der Waals surface area contributed by atoms with E-state index in [-0.39, 0.29) is 18.2 Å². The molecule has 0 saturated carbocycles. The topological polar surface area (TPSA) is 75.0 Å². The second-order valence-electron chi connectivity index (χ2n) is 5.55. The van der Waals surface area contributed by atoms with Crippen LogP contribution in [-0.2, 0) is 9.53 Å². The van der Waals surface area contributed by atoms with Crippen molar-refractivity contribution in [3.05, 3.63) is 24.2 Å². The van der Waals surface area contributed by atoms with Crippen LogP contribution in [0.3, 0.4) is 0 Å². The number of hydrogen-bond donors (Lipinski definition) is 1. The first-order valence-electron chi connectivity index (χ1n) is 7.76. The van der Waals surface area contributed by atoms with Gasteiger partial charge in [-0.25, -0.2) is 0 Å². The smallest absolute Gasteiger partial charge is 0.257 e. The van der Waals surface area contributed by atoms with Gasteiger partial charge in [0.25, 0.3) is 5.91 Å². The Hall–Kier alpha value is -1.86. The van der Waals surface area contributed by atoms with E-state index in [1.54, 1.807) is 18.1 Å². The quantitative estimate of drug-likeness (QED) is 0.610. The summed E-state index contributed by atoms with van der Waals surface area (Å²) in [5.74, 6) is -0.181. The third-order valence-corrected chi connectivity index (χ3v) is 3.32. The molecule has 2 amide bonds. The lowest BCUT2D eigenvalue weighted by molar-refractivity contribution is -0.121. The number of nitrogens with one attached hydrogen (secondary N) is 1. The molecule has 0 atom stereocenters. The summed E-state index contributed by atoms with van der Waals surface area (Å²) >= 11 is 0. The van der Waals surface area contributed by atoms with Crippen LogP contribution in [0.15, 0.2) is 23.0 Å². The minimum absolute atomic E-state index is 0.0522. The standard InChI is InChI=1S/C16H27N3O4/c1-18(2)10-7-17-15(20)5-9-19(8-4-11-22-3)16(21)14-6-12-23-13-14/h6,12-13H,4-5,7-11H2,1-3H3,(H,17,20). The highest BCUT2D eigenvalue weighted by Gasteiger charge is 2.17. The molecule has 0 aliphatic heterocycles.